The number of ketones is 1. The molecule has 0 amide bonds. The minimum Gasteiger partial charge on any atom is -0.319 e. The van der Waals surface area contributed by atoms with E-state index in [0.717, 1.165) is 18.6 Å². The third-order valence-electron chi connectivity index (χ3n) is 2.76. The van der Waals surface area contributed by atoms with Crippen molar-refractivity contribution in [3.63, 3.8) is 0 Å². The van der Waals surface area contributed by atoms with Crippen LogP contribution in [0.15, 0.2) is 18.2 Å². The topological polar surface area (TPSA) is 43.1 Å². The molecular weight excluding hydrogens is 224 g/mol. The highest BCUT2D eigenvalue weighted by molar-refractivity contribution is 5.89. The molecule has 0 aromatic heterocycles. The number of hydrogen-bond donors (Lipinski definition) is 1. The van der Waals surface area contributed by atoms with E-state index in [1.165, 1.54) is 6.07 Å². The van der Waals surface area contributed by atoms with E-state index < -0.39 is 17.2 Å². The average molecular weight is 241 g/mol. The Kier molecular flexibility index (Phi) is 4.34. The van der Waals surface area contributed by atoms with Gasteiger partial charge in [-0.15, -0.1) is 0 Å². The van der Waals surface area contributed by atoms with E-state index in [2.05, 4.69) is 0 Å². The summed E-state index contributed by atoms with van der Waals surface area (Å²) in [6, 6.07) is 3.46. The molecule has 2 nitrogen and oxygen atoms in total. The number of benzene rings is 1. The zero-order chi connectivity index (χ0) is 13.1. The summed E-state index contributed by atoms with van der Waals surface area (Å²) in [4.78, 5) is 11.9. The first kappa shape index (κ1) is 13.8. The molecule has 94 valence electrons. The van der Waals surface area contributed by atoms with Gasteiger partial charge in [-0.2, -0.15) is 0 Å². The fourth-order valence-corrected chi connectivity index (χ4v) is 1.70. The summed E-state index contributed by atoms with van der Waals surface area (Å²) in [6.07, 6.45) is 1.41. The molecule has 1 aromatic carbocycles. The smallest absolute Gasteiger partial charge is 0.159 e. The summed E-state index contributed by atoms with van der Waals surface area (Å²) in [5, 5.41) is 0. The number of halogens is 2. The normalized spacial score (nSPS) is 14.4. The first-order valence-corrected chi connectivity index (χ1v) is 5.63. The van der Waals surface area contributed by atoms with Crippen LogP contribution in [-0.4, -0.2) is 11.3 Å². The van der Waals surface area contributed by atoms with Gasteiger partial charge in [-0.25, -0.2) is 8.78 Å². The molecule has 0 bridgehead atoms. The van der Waals surface area contributed by atoms with Crippen molar-refractivity contribution in [1.29, 1.82) is 0 Å². The lowest BCUT2D eigenvalue weighted by Gasteiger charge is -2.22. The SMILES string of the molecule is CCCC(C)(N)C(=O)Cc1ccc(F)c(F)c1. The molecule has 1 atom stereocenters. The lowest BCUT2D eigenvalue weighted by atomic mass is 9.88. The molecule has 1 rings (SSSR count). The predicted octanol–water partition coefficient (Wildman–Crippen LogP) is 2.59. The molecule has 0 radical (unpaired) electrons. The van der Waals surface area contributed by atoms with E-state index in [9.17, 15) is 13.6 Å². The van der Waals surface area contributed by atoms with Crippen LogP contribution in [0.3, 0.4) is 0 Å². The summed E-state index contributed by atoms with van der Waals surface area (Å²) in [5.74, 6) is -2.01. The Bertz CT molecular complexity index is 416. The van der Waals surface area contributed by atoms with Gasteiger partial charge >= 0.3 is 0 Å². The Hall–Kier alpha value is -1.29. The zero-order valence-electron chi connectivity index (χ0n) is 10.1. The second-order valence-corrected chi connectivity index (χ2v) is 4.52. The van der Waals surface area contributed by atoms with E-state index in [4.69, 9.17) is 5.73 Å². The molecule has 0 aliphatic rings. The van der Waals surface area contributed by atoms with Gasteiger partial charge in [0.15, 0.2) is 17.4 Å². The molecule has 0 aliphatic carbocycles. The second kappa shape index (κ2) is 5.36. The van der Waals surface area contributed by atoms with Crippen LogP contribution in [0.4, 0.5) is 8.78 Å². The maximum atomic E-state index is 13.0. The molecule has 1 unspecified atom stereocenters. The van der Waals surface area contributed by atoms with Crippen LogP contribution in [0.25, 0.3) is 0 Å². The lowest BCUT2D eigenvalue weighted by molar-refractivity contribution is -0.123. The van der Waals surface area contributed by atoms with Crippen molar-refractivity contribution in [3.8, 4) is 0 Å². The molecule has 0 spiro atoms. The van der Waals surface area contributed by atoms with Gasteiger partial charge in [0, 0.05) is 6.42 Å². The first-order chi connectivity index (χ1) is 7.86. The molecule has 0 saturated heterocycles. The van der Waals surface area contributed by atoms with Crippen LogP contribution < -0.4 is 5.73 Å². The van der Waals surface area contributed by atoms with E-state index in [1.807, 2.05) is 6.92 Å². The largest absolute Gasteiger partial charge is 0.319 e. The van der Waals surface area contributed by atoms with Crippen molar-refractivity contribution in [3.05, 3.63) is 35.4 Å². The van der Waals surface area contributed by atoms with E-state index in [0.29, 0.717) is 12.0 Å². The van der Waals surface area contributed by atoms with Crippen molar-refractivity contribution in [1.82, 2.24) is 0 Å². The monoisotopic (exact) mass is 241 g/mol. The number of nitrogens with two attached hydrogens (primary N) is 1. The van der Waals surface area contributed by atoms with Gasteiger partial charge in [0.05, 0.1) is 5.54 Å². The van der Waals surface area contributed by atoms with E-state index >= 15 is 0 Å². The highest BCUT2D eigenvalue weighted by Crippen LogP contribution is 2.15. The van der Waals surface area contributed by atoms with E-state index in [1.54, 1.807) is 6.92 Å². The van der Waals surface area contributed by atoms with Crippen LogP contribution in [0.5, 0.6) is 0 Å². The fourth-order valence-electron chi connectivity index (χ4n) is 1.70. The van der Waals surface area contributed by atoms with Gasteiger partial charge in [0.2, 0.25) is 0 Å². The molecule has 0 heterocycles. The summed E-state index contributed by atoms with van der Waals surface area (Å²) in [6.45, 7) is 3.61. The van der Waals surface area contributed by atoms with Gasteiger partial charge in [-0.1, -0.05) is 19.4 Å². The minimum atomic E-state index is -0.940. The number of carbonyl (C=O) groups is 1. The predicted molar refractivity (Wildman–Crippen MR) is 62.6 cm³/mol. The molecule has 1 aromatic rings. The number of Topliss-reactive ketones (excluding diaryl/α,β-unsaturated/α-hetero) is 1. The van der Waals surface area contributed by atoms with Crippen molar-refractivity contribution in [2.75, 3.05) is 0 Å². The van der Waals surface area contributed by atoms with Crippen molar-refractivity contribution in [2.45, 2.75) is 38.6 Å². The summed E-state index contributed by atoms with van der Waals surface area (Å²) >= 11 is 0. The van der Waals surface area contributed by atoms with Crippen LogP contribution >= 0.6 is 0 Å². The standard InChI is InChI=1S/C13H17F2NO/c1-3-6-13(2,16)12(17)8-9-4-5-10(14)11(15)7-9/h4-5,7H,3,6,8,16H2,1-2H3. The molecule has 0 fully saturated rings. The van der Waals surface area contributed by atoms with Crippen LogP contribution in [0.1, 0.15) is 32.3 Å². The summed E-state index contributed by atoms with van der Waals surface area (Å²) < 4.78 is 25.7. The highest BCUT2D eigenvalue weighted by Gasteiger charge is 2.26. The highest BCUT2D eigenvalue weighted by atomic mass is 19.2. The van der Waals surface area contributed by atoms with E-state index in [-0.39, 0.29) is 12.2 Å². The third kappa shape index (κ3) is 3.60. The number of hydrogen-bond acceptors (Lipinski definition) is 2. The Labute approximate surface area is 99.8 Å². The quantitative estimate of drug-likeness (QED) is 0.861. The summed E-state index contributed by atoms with van der Waals surface area (Å²) in [5.41, 5.74) is 5.41. The van der Waals surface area contributed by atoms with Crippen molar-refractivity contribution in [2.24, 2.45) is 5.73 Å². The Morgan fingerprint density at radius 3 is 2.53 bits per heavy atom. The first-order valence-electron chi connectivity index (χ1n) is 5.63. The number of carbonyl (C=O) groups excluding carboxylic acids is 1. The van der Waals surface area contributed by atoms with Gasteiger partial charge in [-0.3, -0.25) is 4.79 Å². The van der Waals surface area contributed by atoms with Crippen molar-refractivity contribution >= 4 is 5.78 Å². The Morgan fingerprint density at radius 1 is 1.35 bits per heavy atom. The molecule has 2 N–H and O–H groups in total. The third-order valence-corrected chi connectivity index (χ3v) is 2.76. The maximum absolute atomic E-state index is 13.0. The lowest BCUT2D eigenvalue weighted by Crippen LogP contribution is -2.45. The average Bonchev–Trinajstić information content (AvgIpc) is 2.23. The van der Waals surface area contributed by atoms with Gasteiger partial charge in [0.1, 0.15) is 0 Å². The van der Waals surface area contributed by atoms with Gasteiger partial charge < -0.3 is 5.73 Å². The fraction of sp³-hybridized carbons (Fsp3) is 0.462. The van der Waals surface area contributed by atoms with Crippen LogP contribution in [0, 0.1) is 11.6 Å². The summed E-state index contributed by atoms with van der Waals surface area (Å²) in [7, 11) is 0. The molecule has 4 heteroatoms. The van der Waals surface area contributed by atoms with Gasteiger partial charge in [0.25, 0.3) is 0 Å². The molecule has 0 saturated carbocycles. The van der Waals surface area contributed by atoms with Crippen LogP contribution in [-0.2, 0) is 11.2 Å². The minimum absolute atomic E-state index is 0.0319. The van der Waals surface area contributed by atoms with Crippen molar-refractivity contribution < 1.29 is 13.6 Å². The molecular formula is C13H17F2NO. The molecule has 17 heavy (non-hydrogen) atoms. The maximum Gasteiger partial charge on any atom is 0.159 e. The number of rotatable bonds is 5. The van der Waals surface area contributed by atoms with Gasteiger partial charge in [-0.05, 0) is 31.0 Å². The zero-order valence-corrected chi connectivity index (χ0v) is 10.1. The second-order valence-electron chi connectivity index (χ2n) is 4.52. The molecule has 0 aliphatic heterocycles. The Balaban J connectivity index is 2.77. The van der Waals surface area contributed by atoms with Crippen LogP contribution in [0.2, 0.25) is 0 Å². The Morgan fingerprint density at radius 2 is 2.00 bits per heavy atom.